The maximum atomic E-state index is 11.9. The van der Waals surface area contributed by atoms with Crippen LogP contribution in [0.4, 0.5) is 5.82 Å². The number of nitrogens with two attached hydrogens (primary N) is 1. The van der Waals surface area contributed by atoms with E-state index in [0.29, 0.717) is 11.5 Å². The van der Waals surface area contributed by atoms with Crippen molar-refractivity contribution in [1.29, 1.82) is 0 Å². The van der Waals surface area contributed by atoms with Gasteiger partial charge in [-0.05, 0) is 13.3 Å². The molecule has 1 aromatic heterocycles. The highest BCUT2D eigenvalue weighted by atomic mass is 16.2. The van der Waals surface area contributed by atoms with E-state index in [4.69, 9.17) is 5.84 Å². The van der Waals surface area contributed by atoms with Gasteiger partial charge >= 0.3 is 0 Å². The predicted octanol–water partition coefficient (Wildman–Crippen LogP) is 0.633. The zero-order valence-electron chi connectivity index (χ0n) is 9.77. The van der Waals surface area contributed by atoms with Crippen molar-refractivity contribution in [3.05, 3.63) is 18.1 Å². The van der Waals surface area contributed by atoms with Crippen LogP contribution in [0, 0.1) is 0 Å². The maximum Gasteiger partial charge on any atom is 0.274 e. The number of anilines is 1. The molecule has 1 aromatic rings. The second kappa shape index (κ2) is 5.41. The summed E-state index contributed by atoms with van der Waals surface area (Å²) in [5.74, 6) is 5.46. The molecule has 0 saturated heterocycles. The van der Waals surface area contributed by atoms with E-state index in [9.17, 15) is 4.79 Å². The molecule has 6 heteroatoms. The number of hydrogen-bond acceptors (Lipinski definition) is 5. The Hall–Kier alpha value is -1.69. The van der Waals surface area contributed by atoms with Crippen LogP contribution in [-0.4, -0.2) is 33.9 Å². The number of rotatable bonds is 4. The molecule has 1 rings (SSSR count). The lowest BCUT2D eigenvalue weighted by Crippen LogP contribution is -2.35. The van der Waals surface area contributed by atoms with Crippen LogP contribution in [0.15, 0.2) is 12.4 Å². The lowest BCUT2D eigenvalue weighted by atomic mass is 10.2. The molecule has 0 saturated carbocycles. The smallest absolute Gasteiger partial charge is 0.274 e. The van der Waals surface area contributed by atoms with Crippen molar-refractivity contribution in [2.24, 2.45) is 5.84 Å². The predicted molar refractivity (Wildman–Crippen MR) is 61.7 cm³/mol. The van der Waals surface area contributed by atoms with E-state index in [2.05, 4.69) is 15.4 Å². The van der Waals surface area contributed by atoms with E-state index in [1.807, 2.05) is 13.8 Å². The first-order valence-electron chi connectivity index (χ1n) is 5.16. The molecule has 0 aliphatic heterocycles. The van der Waals surface area contributed by atoms with Crippen molar-refractivity contribution in [3.8, 4) is 0 Å². The fourth-order valence-electron chi connectivity index (χ4n) is 1.17. The minimum absolute atomic E-state index is 0.134. The summed E-state index contributed by atoms with van der Waals surface area (Å²) in [5, 5.41) is 0. The van der Waals surface area contributed by atoms with Crippen molar-refractivity contribution in [3.63, 3.8) is 0 Å². The number of nitrogens with one attached hydrogen (secondary N) is 1. The van der Waals surface area contributed by atoms with E-state index < -0.39 is 0 Å². The Morgan fingerprint density at radius 1 is 1.56 bits per heavy atom. The first-order chi connectivity index (χ1) is 7.60. The highest BCUT2D eigenvalue weighted by molar-refractivity contribution is 5.92. The van der Waals surface area contributed by atoms with Gasteiger partial charge in [-0.15, -0.1) is 0 Å². The van der Waals surface area contributed by atoms with Gasteiger partial charge in [0.05, 0.1) is 12.4 Å². The maximum absolute atomic E-state index is 11.9. The molecule has 1 unspecified atom stereocenters. The minimum atomic E-state index is -0.134. The van der Waals surface area contributed by atoms with Crippen molar-refractivity contribution in [2.45, 2.75) is 26.3 Å². The average molecular weight is 223 g/mol. The summed E-state index contributed by atoms with van der Waals surface area (Å²) >= 11 is 0. The quantitative estimate of drug-likeness (QED) is 0.578. The highest BCUT2D eigenvalue weighted by Crippen LogP contribution is 2.07. The molecule has 6 nitrogen and oxygen atoms in total. The first-order valence-corrected chi connectivity index (χ1v) is 5.16. The summed E-state index contributed by atoms with van der Waals surface area (Å²) in [5.41, 5.74) is 2.68. The number of hydrogen-bond donors (Lipinski definition) is 2. The zero-order valence-corrected chi connectivity index (χ0v) is 9.77. The van der Waals surface area contributed by atoms with E-state index in [-0.39, 0.29) is 11.9 Å². The van der Waals surface area contributed by atoms with Crippen LogP contribution in [-0.2, 0) is 0 Å². The molecule has 1 amide bonds. The van der Waals surface area contributed by atoms with Crippen LogP contribution >= 0.6 is 0 Å². The molecule has 0 fully saturated rings. The Labute approximate surface area is 94.8 Å². The fraction of sp³-hybridized carbons (Fsp3) is 0.500. The number of aromatic nitrogens is 2. The molecule has 0 aliphatic carbocycles. The third-order valence-corrected chi connectivity index (χ3v) is 2.59. The van der Waals surface area contributed by atoms with Crippen LogP contribution in [0.25, 0.3) is 0 Å². The molecule has 88 valence electrons. The lowest BCUT2D eigenvalue weighted by molar-refractivity contribution is 0.0734. The van der Waals surface area contributed by atoms with Crippen molar-refractivity contribution >= 4 is 11.7 Å². The van der Waals surface area contributed by atoms with Gasteiger partial charge < -0.3 is 10.3 Å². The Morgan fingerprint density at radius 2 is 2.25 bits per heavy atom. The number of carbonyl (C=O) groups is 1. The number of nitrogens with zero attached hydrogens (tertiary/aromatic N) is 3. The summed E-state index contributed by atoms with van der Waals surface area (Å²) in [4.78, 5) is 21.5. The SMILES string of the molecule is CCC(C)N(C)C(=O)c1cnc(NN)cn1. The molecule has 0 spiro atoms. The largest absolute Gasteiger partial charge is 0.338 e. The molecule has 1 atom stereocenters. The molecular weight excluding hydrogens is 206 g/mol. The van der Waals surface area contributed by atoms with E-state index in [1.54, 1.807) is 11.9 Å². The molecule has 3 N–H and O–H groups in total. The van der Waals surface area contributed by atoms with E-state index >= 15 is 0 Å². The van der Waals surface area contributed by atoms with Crippen LogP contribution in [0.2, 0.25) is 0 Å². The summed E-state index contributed by atoms with van der Waals surface area (Å²) in [6.07, 6.45) is 3.74. The topological polar surface area (TPSA) is 84.1 Å². The highest BCUT2D eigenvalue weighted by Gasteiger charge is 2.17. The van der Waals surface area contributed by atoms with Gasteiger partial charge in [-0.3, -0.25) is 4.79 Å². The summed E-state index contributed by atoms with van der Waals surface area (Å²) in [7, 11) is 1.76. The Kier molecular flexibility index (Phi) is 4.19. The first kappa shape index (κ1) is 12.4. The Balaban J connectivity index is 2.80. The second-order valence-corrected chi connectivity index (χ2v) is 3.60. The monoisotopic (exact) mass is 223 g/mol. The molecule has 1 heterocycles. The number of carbonyl (C=O) groups excluding carboxylic acids is 1. The van der Waals surface area contributed by atoms with Gasteiger partial charge in [0.15, 0.2) is 5.82 Å². The summed E-state index contributed by atoms with van der Waals surface area (Å²) in [6, 6.07) is 0.182. The summed E-state index contributed by atoms with van der Waals surface area (Å²) in [6.45, 7) is 4.02. The van der Waals surface area contributed by atoms with Crippen LogP contribution in [0.5, 0.6) is 0 Å². The molecule has 0 bridgehead atoms. The van der Waals surface area contributed by atoms with Gasteiger partial charge in [-0.1, -0.05) is 6.92 Å². The van der Waals surface area contributed by atoms with Gasteiger partial charge in [0.25, 0.3) is 5.91 Å². The number of hydrazine groups is 1. The number of nitrogen functional groups attached to an aromatic ring is 1. The van der Waals surface area contributed by atoms with Gasteiger partial charge in [0.2, 0.25) is 0 Å². The second-order valence-electron chi connectivity index (χ2n) is 3.60. The normalized spacial score (nSPS) is 12.0. The molecule has 0 aliphatic rings. The molecule has 0 aromatic carbocycles. The third kappa shape index (κ3) is 2.66. The zero-order chi connectivity index (χ0) is 12.1. The van der Waals surface area contributed by atoms with Crippen molar-refractivity contribution < 1.29 is 4.79 Å². The van der Waals surface area contributed by atoms with Gasteiger partial charge in [-0.2, -0.15) is 0 Å². The minimum Gasteiger partial charge on any atom is -0.338 e. The van der Waals surface area contributed by atoms with Gasteiger partial charge in [0.1, 0.15) is 5.69 Å². The van der Waals surface area contributed by atoms with Crippen molar-refractivity contribution in [2.75, 3.05) is 12.5 Å². The third-order valence-electron chi connectivity index (χ3n) is 2.59. The Bertz CT molecular complexity index is 351. The molecular formula is C10H17N5O. The van der Waals surface area contributed by atoms with Crippen LogP contribution in [0.3, 0.4) is 0 Å². The lowest BCUT2D eigenvalue weighted by Gasteiger charge is -2.23. The average Bonchev–Trinajstić information content (AvgIpc) is 2.36. The van der Waals surface area contributed by atoms with Crippen molar-refractivity contribution in [1.82, 2.24) is 14.9 Å². The standard InChI is InChI=1S/C10H17N5O/c1-4-7(2)15(3)10(16)8-5-13-9(14-11)6-12-8/h5-7H,4,11H2,1-3H3,(H,13,14). The van der Waals surface area contributed by atoms with Crippen LogP contribution in [0.1, 0.15) is 30.8 Å². The molecule has 16 heavy (non-hydrogen) atoms. The van der Waals surface area contributed by atoms with Gasteiger partial charge in [0, 0.05) is 13.1 Å². The van der Waals surface area contributed by atoms with E-state index in [0.717, 1.165) is 6.42 Å². The fourth-order valence-corrected chi connectivity index (χ4v) is 1.17. The molecule has 0 radical (unpaired) electrons. The Morgan fingerprint density at radius 3 is 2.69 bits per heavy atom. The number of amides is 1. The summed E-state index contributed by atoms with van der Waals surface area (Å²) < 4.78 is 0. The van der Waals surface area contributed by atoms with Crippen LogP contribution < -0.4 is 11.3 Å². The van der Waals surface area contributed by atoms with Gasteiger partial charge in [-0.25, -0.2) is 15.8 Å². The van der Waals surface area contributed by atoms with E-state index in [1.165, 1.54) is 12.4 Å².